The van der Waals surface area contributed by atoms with Crippen molar-refractivity contribution in [3.8, 4) is 0 Å². The zero-order chi connectivity index (χ0) is 6.97. The van der Waals surface area contributed by atoms with Gasteiger partial charge in [0.1, 0.15) is 0 Å². The lowest BCUT2D eigenvalue weighted by molar-refractivity contribution is 0.0987. The normalized spacial score (nSPS) is 39.3. The van der Waals surface area contributed by atoms with Gasteiger partial charge in [0.05, 0.1) is 0 Å². The quantitative estimate of drug-likeness (QED) is 0.633. The molecule has 2 aliphatic carbocycles. The molecular weight excluding hydrogens is 124 g/mol. The summed E-state index contributed by atoms with van der Waals surface area (Å²) >= 11 is 0. The zero-order valence-corrected chi connectivity index (χ0v) is 6.42. The van der Waals surface area contributed by atoms with Crippen molar-refractivity contribution < 1.29 is 5.11 Å². The molecule has 0 atom stereocenters. The molecule has 0 aliphatic heterocycles. The molecule has 10 heavy (non-hydrogen) atoms. The van der Waals surface area contributed by atoms with Crippen molar-refractivity contribution in [2.75, 3.05) is 6.61 Å². The molecule has 0 bridgehead atoms. The van der Waals surface area contributed by atoms with Crippen molar-refractivity contribution >= 4 is 0 Å². The first kappa shape index (κ1) is 6.66. The Kier molecular flexibility index (Phi) is 1.69. The molecule has 1 N–H and O–H groups in total. The summed E-state index contributed by atoms with van der Waals surface area (Å²) in [6, 6.07) is 0. The molecule has 1 heteroatoms. The van der Waals surface area contributed by atoms with Crippen LogP contribution >= 0.6 is 0 Å². The minimum absolute atomic E-state index is 0.432. The third kappa shape index (κ3) is 1.34. The van der Waals surface area contributed by atoms with E-state index < -0.39 is 0 Å². The minimum atomic E-state index is 0.432. The molecule has 0 aromatic carbocycles. The van der Waals surface area contributed by atoms with Crippen molar-refractivity contribution in [1.82, 2.24) is 0 Å². The molecule has 0 unspecified atom stereocenters. The second-order valence-electron chi connectivity index (χ2n) is 4.07. The van der Waals surface area contributed by atoms with Gasteiger partial charge in [0.2, 0.25) is 0 Å². The average molecular weight is 140 g/mol. The van der Waals surface area contributed by atoms with Crippen molar-refractivity contribution in [2.24, 2.45) is 17.8 Å². The van der Waals surface area contributed by atoms with Gasteiger partial charge in [-0.1, -0.05) is 12.8 Å². The predicted molar refractivity (Wildman–Crippen MR) is 40.6 cm³/mol. The van der Waals surface area contributed by atoms with Gasteiger partial charge < -0.3 is 5.11 Å². The molecule has 0 aromatic heterocycles. The Balaban J connectivity index is 1.60. The summed E-state index contributed by atoms with van der Waals surface area (Å²) in [6.45, 7) is 0.432. The Hall–Kier alpha value is -0.0400. The SMILES string of the molecule is OCC1CC(CC2CC2)C1. The molecule has 1 nitrogen and oxygen atoms in total. The molecule has 0 saturated heterocycles. The van der Waals surface area contributed by atoms with Crippen molar-refractivity contribution in [2.45, 2.75) is 32.1 Å². The monoisotopic (exact) mass is 140 g/mol. The number of aliphatic hydroxyl groups excluding tert-OH is 1. The second-order valence-corrected chi connectivity index (χ2v) is 4.07. The van der Waals surface area contributed by atoms with Crippen molar-refractivity contribution in [1.29, 1.82) is 0 Å². The van der Waals surface area contributed by atoms with Crippen LogP contribution in [0.15, 0.2) is 0 Å². The van der Waals surface area contributed by atoms with Crippen LogP contribution in [0.25, 0.3) is 0 Å². The topological polar surface area (TPSA) is 20.2 Å². The third-order valence-corrected chi connectivity index (χ3v) is 2.96. The fraction of sp³-hybridized carbons (Fsp3) is 1.00. The first-order chi connectivity index (χ1) is 4.88. The van der Waals surface area contributed by atoms with Crippen LogP contribution in [0.1, 0.15) is 32.1 Å². The Morgan fingerprint density at radius 3 is 2.20 bits per heavy atom. The molecule has 58 valence electrons. The van der Waals surface area contributed by atoms with Crippen LogP contribution in [0.3, 0.4) is 0 Å². The van der Waals surface area contributed by atoms with E-state index in [0.717, 1.165) is 11.8 Å². The van der Waals surface area contributed by atoms with Crippen LogP contribution in [0.4, 0.5) is 0 Å². The molecule has 2 saturated carbocycles. The highest BCUT2D eigenvalue weighted by Crippen LogP contribution is 2.44. The Morgan fingerprint density at radius 1 is 1.00 bits per heavy atom. The van der Waals surface area contributed by atoms with Gasteiger partial charge in [-0.2, -0.15) is 0 Å². The molecule has 0 heterocycles. The second kappa shape index (κ2) is 2.54. The zero-order valence-electron chi connectivity index (χ0n) is 6.42. The number of aliphatic hydroxyl groups is 1. The fourth-order valence-corrected chi connectivity index (χ4v) is 2.04. The first-order valence-corrected chi connectivity index (χ1v) is 4.49. The molecule has 2 rings (SSSR count). The van der Waals surface area contributed by atoms with E-state index in [0.29, 0.717) is 12.5 Å². The van der Waals surface area contributed by atoms with E-state index in [4.69, 9.17) is 5.11 Å². The van der Waals surface area contributed by atoms with Gasteiger partial charge in [-0.15, -0.1) is 0 Å². The van der Waals surface area contributed by atoms with Gasteiger partial charge in [-0.3, -0.25) is 0 Å². The number of rotatable bonds is 3. The summed E-state index contributed by atoms with van der Waals surface area (Å²) in [7, 11) is 0. The Labute approximate surface area is 62.4 Å². The maximum atomic E-state index is 8.75. The van der Waals surface area contributed by atoms with Crippen LogP contribution in [0, 0.1) is 17.8 Å². The third-order valence-electron chi connectivity index (χ3n) is 2.96. The number of hydrogen-bond acceptors (Lipinski definition) is 1. The van der Waals surface area contributed by atoms with Gasteiger partial charge in [-0.25, -0.2) is 0 Å². The molecule has 2 fully saturated rings. The van der Waals surface area contributed by atoms with Gasteiger partial charge in [0.15, 0.2) is 0 Å². The van der Waals surface area contributed by atoms with E-state index in [-0.39, 0.29) is 0 Å². The summed E-state index contributed by atoms with van der Waals surface area (Å²) in [4.78, 5) is 0. The molecule has 2 aliphatic rings. The van der Waals surface area contributed by atoms with Gasteiger partial charge in [0, 0.05) is 6.61 Å². The maximum Gasteiger partial charge on any atom is 0.0459 e. The molecule has 0 amide bonds. The summed E-state index contributed by atoms with van der Waals surface area (Å²) in [5, 5.41) is 8.75. The van der Waals surface area contributed by atoms with Crippen molar-refractivity contribution in [3.05, 3.63) is 0 Å². The summed E-state index contributed by atoms with van der Waals surface area (Å²) in [5.74, 6) is 2.75. The van der Waals surface area contributed by atoms with E-state index in [1.165, 1.54) is 32.1 Å². The molecule has 0 radical (unpaired) electrons. The van der Waals surface area contributed by atoms with E-state index in [1.54, 1.807) is 0 Å². The standard InChI is InChI=1S/C9H16O/c10-6-9-4-8(5-9)3-7-1-2-7/h7-10H,1-6H2. The highest BCUT2D eigenvalue weighted by Gasteiger charge is 2.33. The molecule has 0 spiro atoms. The fourth-order valence-electron chi connectivity index (χ4n) is 2.04. The summed E-state index contributed by atoms with van der Waals surface area (Å²) < 4.78 is 0. The lowest BCUT2D eigenvalue weighted by Crippen LogP contribution is -2.26. The van der Waals surface area contributed by atoms with E-state index >= 15 is 0 Å². The predicted octanol–water partition coefficient (Wildman–Crippen LogP) is 1.80. The largest absolute Gasteiger partial charge is 0.396 e. The Morgan fingerprint density at radius 2 is 1.70 bits per heavy atom. The Bertz CT molecular complexity index is 112. The van der Waals surface area contributed by atoms with E-state index in [1.807, 2.05) is 0 Å². The number of hydrogen-bond donors (Lipinski definition) is 1. The van der Waals surface area contributed by atoms with Gasteiger partial charge in [-0.05, 0) is 37.0 Å². The van der Waals surface area contributed by atoms with Crippen LogP contribution in [-0.2, 0) is 0 Å². The van der Waals surface area contributed by atoms with Crippen LogP contribution in [0.5, 0.6) is 0 Å². The summed E-state index contributed by atoms with van der Waals surface area (Å²) in [5.41, 5.74) is 0. The molecular formula is C9H16O. The van der Waals surface area contributed by atoms with Crippen molar-refractivity contribution in [3.63, 3.8) is 0 Å². The van der Waals surface area contributed by atoms with Gasteiger partial charge in [0.25, 0.3) is 0 Å². The maximum absolute atomic E-state index is 8.75. The smallest absolute Gasteiger partial charge is 0.0459 e. The van der Waals surface area contributed by atoms with Gasteiger partial charge >= 0.3 is 0 Å². The summed E-state index contributed by atoms with van der Waals surface area (Å²) in [6.07, 6.45) is 7.07. The minimum Gasteiger partial charge on any atom is -0.396 e. The lowest BCUT2D eigenvalue weighted by Gasteiger charge is -2.34. The lowest BCUT2D eigenvalue weighted by atomic mass is 9.73. The van der Waals surface area contributed by atoms with Crippen LogP contribution in [-0.4, -0.2) is 11.7 Å². The molecule has 0 aromatic rings. The van der Waals surface area contributed by atoms with E-state index in [9.17, 15) is 0 Å². The highest BCUT2D eigenvalue weighted by atomic mass is 16.3. The van der Waals surface area contributed by atoms with E-state index in [2.05, 4.69) is 0 Å². The first-order valence-electron chi connectivity index (χ1n) is 4.49. The average Bonchev–Trinajstić information content (AvgIpc) is 2.60. The highest BCUT2D eigenvalue weighted by molar-refractivity contribution is 4.84. The van der Waals surface area contributed by atoms with Crippen LogP contribution in [0.2, 0.25) is 0 Å². The van der Waals surface area contributed by atoms with Crippen LogP contribution < -0.4 is 0 Å².